The molecule has 2 aliphatic rings. The molecule has 1 aromatic carbocycles. The topological polar surface area (TPSA) is 58.6 Å². The first-order valence-corrected chi connectivity index (χ1v) is 8.32. The Labute approximate surface area is 137 Å². The van der Waals surface area contributed by atoms with E-state index in [0.29, 0.717) is 37.1 Å². The molecule has 0 spiro atoms. The second-order valence-electron chi connectivity index (χ2n) is 6.55. The van der Waals surface area contributed by atoms with Crippen molar-refractivity contribution in [2.45, 2.75) is 31.7 Å². The van der Waals surface area contributed by atoms with Gasteiger partial charge < -0.3 is 15.0 Å². The van der Waals surface area contributed by atoms with Crippen LogP contribution in [0, 0.1) is 5.92 Å². The van der Waals surface area contributed by atoms with Crippen molar-refractivity contribution in [1.82, 2.24) is 10.2 Å². The van der Waals surface area contributed by atoms with Gasteiger partial charge in [-0.2, -0.15) is 0 Å². The summed E-state index contributed by atoms with van der Waals surface area (Å²) in [6, 6.07) is 8.15. The third kappa shape index (κ3) is 4.32. The molecule has 3 rings (SSSR count). The number of likely N-dealkylation sites (tertiary alicyclic amines) is 1. The number of hydrogen-bond acceptors (Lipinski definition) is 3. The van der Waals surface area contributed by atoms with Crippen molar-refractivity contribution in [2.24, 2.45) is 5.92 Å². The Morgan fingerprint density at radius 3 is 2.70 bits per heavy atom. The first kappa shape index (κ1) is 16.0. The third-order valence-electron chi connectivity index (χ3n) is 4.51. The summed E-state index contributed by atoms with van der Waals surface area (Å²) in [5, 5.41) is 2.99. The van der Waals surface area contributed by atoms with Gasteiger partial charge in [0, 0.05) is 38.2 Å². The lowest BCUT2D eigenvalue weighted by Crippen LogP contribution is -2.28. The van der Waals surface area contributed by atoms with Crippen LogP contribution in [-0.2, 0) is 16.0 Å². The molecule has 0 radical (unpaired) electrons. The number of nitrogens with one attached hydrogen (secondary N) is 1. The van der Waals surface area contributed by atoms with E-state index in [1.807, 2.05) is 29.2 Å². The van der Waals surface area contributed by atoms with Crippen LogP contribution in [0.3, 0.4) is 0 Å². The van der Waals surface area contributed by atoms with Gasteiger partial charge in [0.1, 0.15) is 0 Å². The van der Waals surface area contributed by atoms with Crippen molar-refractivity contribution < 1.29 is 14.3 Å². The lowest BCUT2D eigenvalue weighted by atomic mass is 9.97. The molecule has 0 bridgehead atoms. The standard InChI is InChI=1S/C18H24N2O3/c1-23-9-8-20-12-14(11-17(20)21)10-13-2-4-15(5-3-13)18(22)19-16-6-7-16/h2-5,14,16H,6-12H2,1H3,(H,19,22). The number of hydrogen-bond donors (Lipinski definition) is 1. The minimum atomic E-state index is 0.0147. The van der Waals surface area contributed by atoms with E-state index < -0.39 is 0 Å². The normalized spacial score (nSPS) is 20.8. The Morgan fingerprint density at radius 1 is 1.30 bits per heavy atom. The predicted octanol–water partition coefficient (Wildman–Crippen LogP) is 1.62. The summed E-state index contributed by atoms with van der Waals surface area (Å²) in [6.45, 7) is 2.06. The Kier molecular flexibility index (Phi) is 4.96. The van der Waals surface area contributed by atoms with Crippen LogP contribution in [0.1, 0.15) is 35.2 Å². The molecular formula is C18H24N2O3. The van der Waals surface area contributed by atoms with Gasteiger partial charge >= 0.3 is 0 Å². The van der Waals surface area contributed by atoms with Crippen molar-refractivity contribution in [3.63, 3.8) is 0 Å². The number of rotatable bonds is 7. The maximum atomic E-state index is 12.0. The molecule has 1 aliphatic heterocycles. The van der Waals surface area contributed by atoms with Crippen molar-refractivity contribution in [1.29, 1.82) is 0 Å². The van der Waals surface area contributed by atoms with Gasteiger partial charge in [0.2, 0.25) is 5.91 Å². The van der Waals surface area contributed by atoms with Gasteiger partial charge in [-0.15, -0.1) is 0 Å². The van der Waals surface area contributed by atoms with Crippen molar-refractivity contribution >= 4 is 11.8 Å². The Morgan fingerprint density at radius 2 is 2.04 bits per heavy atom. The van der Waals surface area contributed by atoms with E-state index in [1.165, 1.54) is 5.56 Å². The number of carbonyl (C=O) groups excluding carboxylic acids is 2. The average molecular weight is 316 g/mol. The van der Waals surface area contributed by atoms with E-state index in [0.717, 1.165) is 25.8 Å². The molecule has 1 N–H and O–H groups in total. The van der Waals surface area contributed by atoms with Crippen LogP contribution in [0.4, 0.5) is 0 Å². The number of nitrogens with zero attached hydrogens (tertiary/aromatic N) is 1. The van der Waals surface area contributed by atoms with Gasteiger partial charge in [-0.1, -0.05) is 12.1 Å². The van der Waals surface area contributed by atoms with E-state index >= 15 is 0 Å². The van der Waals surface area contributed by atoms with Crippen LogP contribution in [0.5, 0.6) is 0 Å². The largest absolute Gasteiger partial charge is 0.383 e. The summed E-state index contributed by atoms with van der Waals surface area (Å²) < 4.78 is 5.04. The summed E-state index contributed by atoms with van der Waals surface area (Å²) >= 11 is 0. The second-order valence-corrected chi connectivity index (χ2v) is 6.55. The fourth-order valence-electron chi connectivity index (χ4n) is 3.03. The molecule has 1 unspecified atom stereocenters. The Hall–Kier alpha value is -1.88. The van der Waals surface area contributed by atoms with Crippen LogP contribution >= 0.6 is 0 Å². The van der Waals surface area contributed by atoms with Gasteiger partial charge in [-0.05, 0) is 42.9 Å². The highest BCUT2D eigenvalue weighted by Gasteiger charge is 2.29. The highest BCUT2D eigenvalue weighted by molar-refractivity contribution is 5.94. The summed E-state index contributed by atoms with van der Waals surface area (Å²) in [5.41, 5.74) is 1.89. The molecule has 23 heavy (non-hydrogen) atoms. The number of amides is 2. The zero-order chi connectivity index (χ0) is 16.2. The molecule has 5 heteroatoms. The number of ether oxygens (including phenoxy) is 1. The molecule has 1 saturated carbocycles. The predicted molar refractivity (Wildman–Crippen MR) is 87.2 cm³/mol. The number of benzene rings is 1. The fourth-order valence-corrected chi connectivity index (χ4v) is 3.03. The molecule has 1 heterocycles. The minimum absolute atomic E-state index is 0.0147. The van der Waals surface area contributed by atoms with Crippen LogP contribution in [0.2, 0.25) is 0 Å². The monoisotopic (exact) mass is 316 g/mol. The molecule has 1 aliphatic carbocycles. The van der Waals surface area contributed by atoms with Crippen LogP contribution in [0.25, 0.3) is 0 Å². The van der Waals surface area contributed by atoms with Gasteiger partial charge in [0.25, 0.3) is 5.91 Å². The second kappa shape index (κ2) is 7.13. The highest BCUT2D eigenvalue weighted by Crippen LogP contribution is 2.23. The molecule has 1 aromatic rings. The molecule has 2 amide bonds. The van der Waals surface area contributed by atoms with Gasteiger partial charge in [-0.3, -0.25) is 9.59 Å². The maximum Gasteiger partial charge on any atom is 0.251 e. The van der Waals surface area contributed by atoms with Gasteiger partial charge in [-0.25, -0.2) is 0 Å². The van der Waals surface area contributed by atoms with Crippen LogP contribution in [-0.4, -0.2) is 49.6 Å². The van der Waals surface area contributed by atoms with Crippen molar-refractivity contribution in [3.8, 4) is 0 Å². The number of methoxy groups -OCH3 is 1. The quantitative estimate of drug-likeness (QED) is 0.831. The highest BCUT2D eigenvalue weighted by atomic mass is 16.5. The first-order chi connectivity index (χ1) is 11.2. The molecule has 1 saturated heterocycles. The van der Waals surface area contributed by atoms with E-state index in [1.54, 1.807) is 7.11 Å². The molecule has 5 nitrogen and oxygen atoms in total. The third-order valence-corrected chi connectivity index (χ3v) is 4.51. The lowest BCUT2D eigenvalue weighted by Gasteiger charge is -2.16. The fraction of sp³-hybridized carbons (Fsp3) is 0.556. The van der Waals surface area contributed by atoms with E-state index in [2.05, 4.69) is 5.32 Å². The Bertz CT molecular complexity index is 566. The summed E-state index contributed by atoms with van der Waals surface area (Å²) in [5.74, 6) is 0.582. The zero-order valence-electron chi connectivity index (χ0n) is 13.6. The SMILES string of the molecule is COCCN1CC(Cc2ccc(C(=O)NC3CC3)cc2)CC1=O. The van der Waals surface area contributed by atoms with Gasteiger partial charge in [0.05, 0.1) is 6.61 Å². The lowest BCUT2D eigenvalue weighted by molar-refractivity contribution is -0.128. The van der Waals surface area contributed by atoms with Crippen molar-refractivity contribution in [2.75, 3.05) is 26.8 Å². The van der Waals surface area contributed by atoms with Gasteiger partial charge in [0.15, 0.2) is 0 Å². The average Bonchev–Trinajstić information content (AvgIpc) is 3.29. The number of carbonyl (C=O) groups is 2. The molecule has 0 aromatic heterocycles. The molecule has 2 fully saturated rings. The van der Waals surface area contributed by atoms with Crippen molar-refractivity contribution in [3.05, 3.63) is 35.4 Å². The zero-order valence-corrected chi connectivity index (χ0v) is 13.6. The smallest absolute Gasteiger partial charge is 0.251 e. The van der Waals surface area contributed by atoms with E-state index in [4.69, 9.17) is 4.74 Å². The molecular weight excluding hydrogens is 292 g/mol. The van der Waals surface area contributed by atoms with Crippen LogP contribution in [0.15, 0.2) is 24.3 Å². The van der Waals surface area contributed by atoms with E-state index in [-0.39, 0.29) is 11.8 Å². The van der Waals surface area contributed by atoms with E-state index in [9.17, 15) is 9.59 Å². The summed E-state index contributed by atoms with van der Waals surface area (Å²) in [7, 11) is 1.65. The maximum absolute atomic E-state index is 12.0. The summed E-state index contributed by atoms with van der Waals surface area (Å²) in [4.78, 5) is 25.8. The molecule has 1 atom stereocenters. The Balaban J connectivity index is 1.52. The minimum Gasteiger partial charge on any atom is -0.383 e. The summed E-state index contributed by atoms with van der Waals surface area (Å²) in [6.07, 6.45) is 3.67. The van der Waals surface area contributed by atoms with Crippen LogP contribution < -0.4 is 5.32 Å². The molecule has 124 valence electrons. The first-order valence-electron chi connectivity index (χ1n) is 8.32.